The highest BCUT2D eigenvalue weighted by Gasteiger charge is 2.45. The van der Waals surface area contributed by atoms with Gasteiger partial charge in [-0.15, -0.1) is 11.3 Å². The number of hydrogen-bond acceptors (Lipinski definition) is 3. The highest BCUT2D eigenvalue weighted by Crippen LogP contribution is 2.27. The lowest BCUT2D eigenvalue weighted by molar-refractivity contribution is -0.0437. The standard InChI is InChI=1S/C6H5F3O2S2/c7-6(8,9)13(10,11)4-5-2-1-3-12-5/h1-3H,4H2. The van der Waals surface area contributed by atoms with E-state index in [1.54, 1.807) is 0 Å². The third kappa shape index (κ3) is 2.44. The predicted molar refractivity (Wildman–Crippen MR) is 43.0 cm³/mol. The molecule has 1 aromatic heterocycles. The summed E-state index contributed by atoms with van der Waals surface area (Å²) in [6.07, 6.45) is 0. The molecule has 0 fully saturated rings. The van der Waals surface area contributed by atoms with E-state index in [-0.39, 0.29) is 4.88 Å². The molecule has 1 heterocycles. The van der Waals surface area contributed by atoms with Gasteiger partial charge in [0, 0.05) is 4.88 Å². The SMILES string of the molecule is O=S(=O)(Cc1cccs1)C(F)(F)F. The van der Waals surface area contributed by atoms with Crippen LogP contribution in [0, 0.1) is 0 Å². The van der Waals surface area contributed by atoms with Gasteiger partial charge < -0.3 is 0 Å². The lowest BCUT2D eigenvalue weighted by Crippen LogP contribution is -2.24. The zero-order valence-corrected chi connectivity index (χ0v) is 7.84. The minimum atomic E-state index is -5.16. The van der Waals surface area contributed by atoms with Crippen LogP contribution in [-0.4, -0.2) is 13.9 Å². The van der Waals surface area contributed by atoms with Crippen molar-refractivity contribution in [2.45, 2.75) is 11.3 Å². The minimum Gasteiger partial charge on any atom is -0.219 e. The van der Waals surface area contributed by atoms with Crippen LogP contribution in [0.5, 0.6) is 0 Å². The van der Waals surface area contributed by atoms with Crippen molar-refractivity contribution in [3.05, 3.63) is 22.4 Å². The van der Waals surface area contributed by atoms with Gasteiger partial charge in [-0.2, -0.15) is 13.2 Å². The smallest absolute Gasteiger partial charge is 0.219 e. The second kappa shape index (κ2) is 3.30. The molecular weight excluding hydrogens is 225 g/mol. The third-order valence-corrected chi connectivity index (χ3v) is 3.72. The Morgan fingerprint density at radius 3 is 2.38 bits per heavy atom. The van der Waals surface area contributed by atoms with Gasteiger partial charge in [0.1, 0.15) is 0 Å². The van der Waals surface area contributed by atoms with Gasteiger partial charge in [0.25, 0.3) is 9.84 Å². The van der Waals surface area contributed by atoms with Crippen LogP contribution >= 0.6 is 11.3 Å². The Labute approximate surface area is 76.9 Å². The van der Waals surface area contributed by atoms with Crippen molar-refractivity contribution >= 4 is 21.2 Å². The molecule has 1 rings (SSSR count). The van der Waals surface area contributed by atoms with Crippen LogP contribution < -0.4 is 0 Å². The molecule has 13 heavy (non-hydrogen) atoms. The van der Waals surface area contributed by atoms with Gasteiger partial charge in [-0.3, -0.25) is 0 Å². The molecule has 0 saturated carbocycles. The van der Waals surface area contributed by atoms with Crippen LogP contribution in [0.4, 0.5) is 13.2 Å². The monoisotopic (exact) mass is 230 g/mol. The van der Waals surface area contributed by atoms with Gasteiger partial charge >= 0.3 is 5.51 Å². The molecule has 0 spiro atoms. The Morgan fingerprint density at radius 2 is 2.00 bits per heavy atom. The summed E-state index contributed by atoms with van der Waals surface area (Å²) in [5.41, 5.74) is -5.16. The van der Waals surface area contributed by atoms with E-state index in [0.717, 1.165) is 11.3 Å². The van der Waals surface area contributed by atoms with Crippen LogP contribution in [0.1, 0.15) is 4.88 Å². The fourth-order valence-corrected chi connectivity index (χ4v) is 2.52. The van der Waals surface area contributed by atoms with Crippen LogP contribution in [0.15, 0.2) is 17.5 Å². The van der Waals surface area contributed by atoms with E-state index in [9.17, 15) is 21.6 Å². The average Bonchev–Trinajstić information content (AvgIpc) is 2.35. The van der Waals surface area contributed by atoms with Crippen molar-refractivity contribution in [3.63, 3.8) is 0 Å². The largest absolute Gasteiger partial charge is 0.497 e. The lowest BCUT2D eigenvalue weighted by Gasteiger charge is -2.05. The van der Waals surface area contributed by atoms with E-state index in [2.05, 4.69) is 0 Å². The highest BCUT2D eigenvalue weighted by molar-refractivity contribution is 7.91. The molecule has 0 bridgehead atoms. The Balaban J connectivity index is 2.87. The van der Waals surface area contributed by atoms with Gasteiger partial charge in [-0.25, -0.2) is 8.42 Å². The molecule has 0 amide bonds. The molecule has 74 valence electrons. The summed E-state index contributed by atoms with van der Waals surface area (Å²) in [7, 11) is -5.01. The highest BCUT2D eigenvalue weighted by atomic mass is 32.2. The first-order valence-electron chi connectivity index (χ1n) is 3.14. The van der Waals surface area contributed by atoms with Gasteiger partial charge in [0.05, 0.1) is 5.75 Å². The number of sulfone groups is 1. The Bertz CT molecular complexity index is 363. The van der Waals surface area contributed by atoms with E-state index < -0.39 is 21.1 Å². The minimum absolute atomic E-state index is 0.192. The summed E-state index contributed by atoms with van der Waals surface area (Å²) >= 11 is 0.987. The van der Waals surface area contributed by atoms with E-state index >= 15 is 0 Å². The molecule has 0 aliphatic rings. The number of rotatable bonds is 2. The molecule has 1 aromatic rings. The molecule has 0 radical (unpaired) electrons. The normalized spacial score (nSPS) is 13.2. The summed E-state index contributed by atoms with van der Waals surface area (Å²) in [5.74, 6) is -0.964. The number of alkyl halides is 3. The summed E-state index contributed by atoms with van der Waals surface area (Å²) in [5, 5.41) is 1.53. The molecule has 0 atom stereocenters. The fourth-order valence-electron chi connectivity index (χ4n) is 0.664. The molecular formula is C6H5F3O2S2. The van der Waals surface area contributed by atoms with Crippen molar-refractivity contribution in [2.75, 3.05) is 0 Å². The maximum Gasteiger partial charge on any atom is 0.497 e. The molecule has 0 N–H and O–H groups in total. The van der Waals surface area contributed by atoms with Gasteiger partial charge in [0.2, 0.25) is 0 Å². The summed E-state index contributed by atoms with van der Waals surface area (Å²) in [6, 6.07) is 2.86. The van der Waals surface area contributed by atoms with Crippen LogP contribution in [-0.2, 0) is 15.6 Å². The molecule has 0 aliphatic heterocycles. The molecule has 2 nitrogen and oxygen atoms in total. The number of halogens is 3. The van der Waals surface area contributed by atoms with Crippen molar-refractivity contribution in [2.24, 2.45) is 0 Å². The third-order valence-electron chi connectivity index (χ3n) is 1.27. The van der Waals surface area contributed by atoms with Crippen molar-refractivity contribution < 1.29 is 21.6 Å². The first kappa shape index (κ1) is 10.5. The topological polar surface area (TPSA) is 34.1 Å². The van der Waals surface area contributed by atoms with E-state index in [1.165, 1.54) is 17.5 Å². The fraction of sp³-hybridized carbons (Fsp3) is 0.333. The second-order valence-corrected chi connectivity index (χ2v) is 5.30. The van der Waals surface area contributed by atoms with Gasteiger partial charge in [0.15, 0.2) is 0 Å². The predicted octanol–water partition coefficient (Wildman–Crippen LogP) is 2.18. The van der Waals surface area contributed by atoms with Gasteiger partial charge in [-0.1, -0.05) is 6.07 Å². The summed E-state index contributed by atoms with van der Waals surface area (Å²) in [4.78, 5) is 0.192. The lowest BCUT2D eigenvalue weighted by atomic mass is 10.5. The Kier molecular flexibility index (Phi) is 2.67. The van der Waals surface area contributed by atoms with E-state index in [4.69, 9.17) is 0 Å². The first-order valence-corrected chi connectivity index (χ1v) is 5.67. The Morgan fingerprint density at radius 1 is 1.38 bits per heavy atom. The summed E-state index contributed by atoms with van der Waals surface area (Å²) < 4.78 is 56.7. The van der Waals surface area contributed by atoms with Crippen molar-refractivity contribution in [1.82, 2.24) is 0 Å². The van der Waals surface area contributed by atoms with Crippen LogP contribution in [0.25, 0.3) is 0 Å². The van der Waals surface area contributed by atoms with Crippen molar-refractivity contribution in [1.29, 1.82) is 0 Å². The zero-order chi connectivity index (χ0) is 10.1. The van der Waals surface area contributed by atoms with Gasteiger partial charge in [-0.05, 0) is 11.4 Å². The maximum absolute atomic E-state index is 11.8. The number of hydrogen-bond donors (Lipinski definition) is 0. The zero-order valence-electron chi connectivity index (χ0n) is 6.21. The molecule has 7 heteroatoms. The average molecular weight is 230 g/mol. The van der Waals surface area contributed by atoms with Crippen LogP contribution in [0.3, 0.4) is 0 Å². The molecule has 0 unspecified atom stereocenters. The quantitative estimate of drug-likeness (QED) is 0.780. The maximum atomic E-state index is 11.8. The summed E-state index contributed by atoms with van der Waals surface area (Å²) in [6.45, 7) is 0. The van der Waals surface area contributed by atoms with E-state index in [0.29, 0.717) is 0 Å². The second-order valence-electron chi connectivity index (χ2n) is 2.28. The molecule has 0 aromatic carbocycles. The van der Waals surface area contributed by atoms with E-state index in [1.807, 2.05) is 0 Å². The molecule has 0 saturated heterocycles. The Hall–Kier alpha value is -0.560. The first-order chi connectivity index (χ1) is 5.83. The molecule has 0 aliphatic carbocycles. The van der Waals surface area contributed by atoms with Crippen molar-refractivity contribution in [3.8, 4) is 0 Å². The van der Waals surface area contributed by atoms with Crippen LogP contribution in [0.2, 0.25) is 0 Å². The number of thiophene rings is 1.